The Hall–Kier alpha value is -8.04. The molecule has 0 aliphatic rings. The fraction of sp³-hybridized carbons (Fsp3) is 0. The van der Waals surface area contributed by atoms with E-state index < -0.39 is 0 Å². The first-order valence-electron chi connectivity index (χ1n) is 22.0. The van der Waals surface area contributed by atoms with Gasteiger partial charge in [0.05, 0.1) is 5.69 Å². The van der Waals surface area contributed by atoms with Crippen LogP contribution in [0.2, 0.25) is 0 Å². The van der Waals surface area contributed by atoms with Gasteiger partial charge in [0.15, 0.2) is 0 Å². The van der Waals surface area contributed by atoms with E-state index in [1.165, 1.54) is 107 Å². The summed E-state index contributed by atoms with van der Waals surface area (Å²) in [6, 6.07) is 87.4. The van der Waals surface area contributed by atoms with E-state index in [4.69, 9.17) is 0 Å². The Morgan fingerprint density at radius 2 is 0.875 bits per heavy atom. The van der Waals surface area contributed by atoms with Gasteiger partial charge in [-0.3, -0.25) is 0 Å². The summed E-state index contributed by atoms with van der Waals surface area (Å²) < 4.78 is 2.60. The van der Waals surface area contributed by atoms with Crippen LogP contribution >= 0.6 is 11.3 Å². The minimum absolute atomic E-state index is 1.11. The summed E-state index contributed by atoms with van der Waals surface area (Å²) in [4.78, 5) is 2.49. The Kier molecular flexibility index (Phi) is 8.47. The number of nitrogens with zero attached hydrogens (tertiary/aromatic N) is 1. The zero-order valence-electron chi connectivity index (χ0n) is 34.9. The van der Waals surface area contributed by atoms with Gasteiger partial charge in [-0.25, -0.2) is 0 Å². The van der Waals surface area contributed by atoms with Crippen molar-refractivity contribution in [3.05, 3.63) is 237 Å². The maximum absolute atomic E-state index is 2.49. The Labute approximate surface area is 375 Å². The lowest BCUT2D eigenvalue weighted by atomic mass is 9.92. The predicted molar refractivity (Wildman–Crippen MR) is 278 cm³/mol. The zero-order valence-corrected chi connectivity index (χ0v) is 35.7. The number of hydrogen-bond acceptors (Lipinski definition) is 2. The van der Waals surface area contributed by atoms with Crippen LogP contribution in [0.25, 0.3) is 107 Å². The summed E-state index contributed by atoms with van der Waals surface area (Å²) in [5.41, 5.74) is 10.6. The van der Waals surface area contributed by atoms with E-state index in [9.17, 15) is 0 Å². The first-order valence-corrected chi connectivity index (χ1v) is 22.8. The largest absolute Gasteiger partial charge is 0.310 e. The summed E-state index contributed by atoms with van der Waals surface area (Å²) in [6.45, 7) is 0. The molecule has 0 aliphatic carbocycles. The smallest absolute Gasteiger partial charge is 0.0554 e. The molecule has 13 aromatic rings. The van der Waals surface area contributed by atoms with E-state index >= 15 is 0 Å². The van der Waals surface area contributed by atoms with Crippen molar-refractivity contribution in [1.82, 2.24) is 0 Å². The van der Waals surface area contributed by atoms with Crippen LogP contribution in [0.15, 0.2) is 237 Å². The van der Waals surface area contributed by atoms with Crippen molar-refractivity contribution in [3.8, 4) is 33.4 Å². The molecule has 0 aliphatic heterocycles. The fourth-order valence-electron chi connectivity index (χ4n) is 10.1. The summed E-state index contributed by atoms with van der Waals surface area (Å²) in [5.74, 6) is 0. The SMILES string of the molecule is c1ccc(-c2cc(N(c3ccc4cc(-c5cc6ccccc6c6ccccc56)ccc4c3)c3cccc4sc5c6ccccc6ccc5c34)ccc2-c2ccc3ccccc3c2)cc1. The van der Waals surface area contributed by atoms with Crippen molar-refractivity contribution in [2.45, 2.75) is 0 Å². The van der Waals surface area contributed by atoms with Crippen LogP contribution < -0.4 is 4.90 Å². The minimum Gasteiger partial charge on any atom is -0.310 e. The van der Waals surface area contributed by atoms with Crippen LogP contribution in [0.4, 0.5) is 17.1 Å². The van der Waals surface area contributed by atoms with Crippen LogP contribution in [0.3, 0.4) is 0 Å². The molecule has 0 radical (unpaired) electrons. The van der Waals surface area contributed by atoms with Crippen LogP contribution in [-0.4, -0.2) is 0 Å². The summed E-state index contributed by atoms with van der Waals surface area (Å²) in [6.07, 6.45) is 0. The number of anilines is 3. The molecule has 0 unspecified atom stereocenters. The van der Waals surface area contributed by atoms with Gasteiger partial charge in [0.25, 0.3) is 0 Å². The molecule has 2 heteroatoms. The van der Waals surface area contributed by atoms with E-state index in [0.717, 1.165) is 17.1 Å². The number of hydrogen-bond donors (Lipinski definition) is 0. The van der Waals surface area contributed by atoms with Crippen molar-refractivity contribution in [2.24, 2.45) is 0 Å². The molecular formula is C62H39NS. The Bertz CT molecular complexity index is 3970. The zero-order chi connectivity index (χ0) is 42.1. The quantitative estimate of drug-likeness (QED) is 0.151. The highest BCUT2D eigenvalue weighted by molar-refractivity contribution is 7.26. The summed E-state index contributed by atoms with van der Waals surface area (Å²) in [5, 5.41) is 15.1. The molecule has 0 saturated carbocycles. The predicted octanol–water partition coefficient (Wildman–Crippen LogP) is 18.3. The molecule has 0 N–H and O–H groups in total. The molecule has 1 aromatic heterocycles. The maximum atomic E-state index is 2.49. The van der Waals surface area contributed by atoms with Gasteiger partial charge in [0.2, 0.25) is 0 Å². The number of fused-ring (bicyclic) bond motifs is 10. The van der Waals surface area contributed by atoms with Crippen LogP contribution in [0.5, 0.6) is 0 Å². The first kappa shape index (κ1) is 36.6. The standard InChI is InChI=1S/C62H39NS/c1-2-14-41(15-3-1)58-39-50(32-34-52(58)47-27-25-40-13-4-5-17-43(40)35-47)63(59-23-12-24-60-61(59)56-33-30-42-16-6-9-20-53(42)62(56)64-60)49-31-29-44-36-48(28-26-45(44)37-49)57-38-46-18-7-8-19-51(46)54-21-10-11-22-55(54)57/h1-39H. The lowest BCUT2D eigenvalue weighted by Gasteiger charge is -2.28. The molecule has 1 heterocycles. The second-order valence-corrected chi connectivity index (χ2v) is 17.9. The van der Waals surface area contributed by atoms with E-state index in [0.29, 0.717) is 0 Å². The normalized spacial score (nSPS) is 11.8. The maximum Gasteiger partial charge on any atom is 0.0554 e. The number of benzene rings is 12. The van der Waals surface area contributed by atoms with E-state index in [-0.39, 0.29) is 0 Å². The molecule has 0 saturated heterocycles. The molecule has 12 aromatic carbocycles. The van der Waals surface area contributed by atoms with E-state index in [2.05, 4.69) is 241 Å². The molecule has 0 amide bonds. The topological polar surface area (TPSA) is 3.24 Å². The monoisotopic (exact) mass is 829 g/mol. The van der Waals surface area contributed by atoms with Crippen molar-refractivity contribution >= 4 is 102 Å². The van der Waals surface area contributed by atoms with Crippen molar-refractivity contribution in [1.29, 1.82) is 0 Å². The highest BCUT2D eigenvalue weighted by Crippen LogP contribution is 2.48. The third-order valence-corrected chi connectivity index (χ3v) is 14.4. The van der Waals surface area contributed by atoms with Crippen molar-refractivity contribution in [3.63, 3.8) is 0 Å². The van der Waals surface area contributed by atoms with Gasteiger partial charge < -0.3 is 4.90 Å². The Morgan fingerprint density at radius 3 is 1.72 bits per heavy atom. The second-order valence-electron chi connectivity index (χ2n) is 16.8. The third-order valence-electron chi connectivity index (χ3n) is 13.2. The number of thiophene rings is 1. The molecule has 0 atom stereocenters. The average molecular weight is 830 g/mol. The summed E-state index contributed by atoms with van der Waals surface area (Å²) in [7, 11) is 0. The van der Waals surface area contributed by atoms with Gasteiger partial charge in [0, 0.05) is 31.5 Å². The van der Waals surface area contributed by atoms with Crippen LogP contribution in [-0.2, 0) is 0 Å². The van der Waals surface area contributed by atoms with Gasteiger partial charge in [-0.2, -0.15) is 0 Å². The van der Waals surface area contributed by atoms with Gasteiger partial charge >= 0.3 is 0 Å². The van der Waals surface area contributed by atoms with Crippen molar-refractivity contribution in [2.75, 3.05) is 4.90 Å². The van der Waals surface area contributed by atoms with Crippen LogP contribution in [0.1, 0.15) is 0 Å². The van der Waals surface area contributed by atoms with Gasteiger partial charge in [-0.1, -0.05) is 182 Å². The molecule has 0 fully saturated rings. The molecule has 0 spiro atoms. The molecule has 1 nitrogen and oxygen atoms in total. The Balaban J connectivity index is 1.03. The fourth-order valence-corrected chi connectivity index (χ4v) is 11.4. The molecule has 0 bridgehead atoms. The van der Waals surface area contributed by atoms with E-state index in [1.807, 2.05) is 11.3 Å². The highest BCUT2D eigenvalue weighted by atomic mass is 32.1. The Morgan fingerprint density at radius 1 is 0.281 bits per heavy atom. The molecule has 64 heavy (non-hydrogen) atoms. The van der Waals surface area contributed by atoms with Gasteiger partial charge in [0.1, 0.15) is 0 Å². The van der Waals surface area contributed by atoms with Crippen molar-refractivity contribution < 1.29 is 0 Å². The molecule has 298 valence electrons. The van der Waals surface area contributed by atoms with E-state index in [1.54, 1.807) is 0 Å². The average Bonchev–Trinajstić information content (AvgIpc) is 3.76. The second kappa shape index (κ2) is 14.8. The molecule has 13 rings (SSSR count). The lowest BCUT2D eigenvalue weighted by Crippen LogP contribution is -2.10. The summed E-state index contributed by atoms with van der Waals surface area (Å²) >= 11 is 1.89. The minimum atomic E-state index is 1.11. The van der Waals surface area contributed by atoms with Gasteiger partial charge in [-0.15, -0.1) is 11.3 Å². The third kappa shape index (κ3) is 5.99. The lowest BCUT2D eigenvalue weighted by molar-refractivity contribution is 1.31. The first-order chi connectivity index (χ1) is 31.7. The number of rotatable bonds is 6. The molecular weight excluding hydrogens is 791 g/mol. The van der Waals surface area contributed by atoms with Crippen LogP contribution in [0, 0.1) is 0 Å². The highest BCUT2D eigenvalue weighted by Gasteiger charge is 2.22. The van der Waals surface area contributed by atoms with Gasteiger partial charge in [-0.05, 0) is 142 Å².